The molecular weight excluding hydrogens is 428 g/mol. The standard InChI is InChI=1S/C21H26ClF2N5O2/c1-2-28(17-13-29(26-19(17)22)16-6-4-8-25-10-16)18(30)7-3-5-14-11-27(20(14)31)12-15-9-21(15,23)24/h4,6,8,10,13-15,18,30H,2-3,5,7,9,11-12H2,1H3. The molecule has 10 heteroatoms. The Balaban J connectivity index is 1.27. The molecule has 1 aliphatic heterocycles. The number of carbonyl (C=O) groups excluding carboxylic acids is 1. The maximum absolute atomic E-state index is 13.0. The Morgan fingerprint density at radius 1 is 1.45 bits per heavy atom. The van der Waals surface area contributed by atoms with Crippen molar-refractivity contribution in [1.82, 2.24) is 19.7 Å². The Morgan fingerprint density at radius 2 is 2.23 bits per heavy atom. The summed E-state index contributed by atoms with van der Waals surface area (Å²) in [5, 5.41) is 15.3. The van der Waals surface area contributed by atoms with E-state index in [-0.39, 0.29) is 29.9 Å². The zero-order valence-electron chi connectivity index (χ0n) is 17.3. The lowest BCUT2D eigenvalue weighted by atomic mass is 9.92. The van der Waals surface area contributed by atoms with Gasteiger partial charge in [0.05, 0.1) is 29.7 Å². The van der Waals surface area contributed by atoms with Crippen molar-refractivity contribution in [3.63, 3.8) is 0 Å². The van der Waals surface area contributed by atoms with Crippen LogP contribution < -0.4 is 4.90 Å². The van der Waals surface area contributed by atoms with Gasteiger partial charge < -0.3 is 14.9 Å². The fourth-order valence-corrected chi connectivity index (χ4v) is 4.33. The number of anilines is 1. The van der Waals surface area contributed by atoms with Crippen molar-refractivity contribution in [2.75, 3.05) is 24.5 Å². The van der Waals surface area contributed by atoms with Crippen LogP contribution in [0.2, 0.25) is 5.15 Å². The highest BCUT2D eigenvalue weighted by Crippen LogP contribution is 2.49. The number of amides is 1. The van der Waals surface area contributed by atoms with E-state index in [9.17, 15) is 18.7 Å². The molecule has 0 radical (unpaired) electrons. The molecule has 1 aliphatic carbocycles. The predicted octanol–water partition coefficient (Wildman–Crippen LogP) is 3.35. The minimum absolute atomic E-state index is 0.0506. The van der Waals surface area contributed by atoms with Gasteiger partial charge in [0.2, 0.25) is 5.91 Å². The molecule has 2 aromatic rings. The van der Waals surface area contributed by atoms with E-state index in [1.807, 2.05) is 13.0 Å². The first-order chi connectivity index (χ1) is 14.8. The maximum atomic E-state index is 13.0. The molecule has 3 unspecified atom stereocenters. The normalized spacial score (nSPS) is 22.9. The summed E-state index contributed by atoms with van der Waals surface area (Å²) in [4.78, 5) is 19.5. The molecule has 0 spiro atoms. The van der Waals surface area contributed by atoms with Crippen LogP contribution in [0.1, 0.15) is 32.6 Å². The molecule has 1 N–H and O–H groups in total. The Bertz CT molecular complexity index is 926. The molecule has 2 fully saturated rings. The van der Waals surface area contributed by atoms with Gasteiger partial charge in [0, 0.05) is 38.2 Å². The van der Waals surface area contributed by atoms with Crippen LogP contribution >= 0.6 is 11.6 Å². The molecule has 4 rings (SSSR count). The van der Waals surface area contributed by atoms with E-state index < -0.39 is 18.1 Å². The Labute approximate surface area is 184 Å². The molecule has 3 atom stereocenters. The van der Waals surface area contributed by atoms with Gasteiger partial charge in [0.1, 0.15) is 6.23 Å². The van der Waals surface area contributed by atoms with Gasteiger partial charge in [-0.25, -0.2) is 13.5 Å². The molecule has 2 aromatic heterocycles. The minimum Gasteiger partial charge on any atom is -0.374 e. The molecule has 1 saturated heterocycles. The first-order valence-corrected chi connectivity index (χ1v) is 10.9. The molecule has 0 aromatic carbocycles. The third-order valence-corrected chi connectivity index (χ3v) is 6.35. The highest BCUT2D eigenvalue weighted by Gasteiger charge is 2.58. The summed E-state index contributed by atoms with van der Waals surface area (Å²) in [5.41, 5.74) is 1.38. The smallest absolute Gasteiger partial charge is 0.253 e. The number of nitrogens with zero attached hydrogens (tertiary/aromatic N) is 5. The summed E-state index contributed by atoms with van der Waals surface area (Å²) in [6.07, 6.45) is 5.96. The zero-order chi connectivity index (χ0) is 22.2. The number of alkyl halides is 2. The third-order valence-electron chi connectivity index (χ3n) is 6.08. The highest BCUT2D eigenvalue weighted by atomic mass is 35.5. The van der Waals surface area contributed by atoms with Crippen molar-refractivity contribution in [1.29, 1.82) is 0 Å². The van der Waals surface area contributed by atoms with Crippen LogP contribution in [-0.4, -0.2) is 62.5 Å². The summed E-state index contributed by atoms with van der Waals surface area (Å²) in [6, 6.07) is 3.66. The number of halogens is 3. The van der Waals surface area contributed by atoms with Gasteiger partial charge in [-0.15, -0.1) is 0 Å². The van der Waals surface area contributed by atoms with Gasteiger partial charge >= 0.3 is 0 Å². The summed E-state index contributed by atoms with van der Waals surface area (Å²) in [7, 11) is 0. The maximum Gasteiger partial charge on any atom is 0.253 e. The predicted molar refractivity (Wildman–Crippen MR) is 112 cm³/mol. The topological polar surface area (TPSA) is 74.5 Å². The lowest BCUT2D eigenvalue weighted by Crippen LogP contribution is -2.53. The first-order valence-electron chi connectivity index (χ1n) is 10.6. The molecule has 3 heterocycles. The Hall–Kier alpha value is -2.26. The van der Waals surface area contributed by atoms with Crippen molar-refractivity contribution in [3.05, 3.63) is 35.9 Å². The highest BCUT2D eigenvalue weighted by molar-refractivity contribution is 6.32. The molecule has 168 valence electrons. The van der Waals surface area contributed by atoms with Crippen LogP contribution in [0.15, 0.2) is 30.7 Å². The van der Waals surface area contributed by atoms with Crippen molar-refractivity contribution < 1.29 is 18.7 Å². The van der Waals surface area contributed by atoms with E-state index in [4.69, 9.17) is 11.6 Å². The number of aliphatic hydroxyl groups is 1. The minimum atomic E-state index is -2.59. The summed E-state index contributed by atoms with van der Waals surface area (Å²) in [6.45, 7) is 3.14. The van der Waals surface area contributed by atoms with Crippen molar-refractivity contribution in [3.8, 4) is 5.69 Å². The van der Waals surface area contributed by atoms with Crippen molar-refractivity contribution >= 4 is 23.2 Å². The van der Waals surface area contributed by atoms with Crippen LogP contribution in [0.5, 0.6) is 0 Å². The van der Waals surface area contributed by atoms with E-state index in [2.05, 4.69) is 10.1 Å². The summed E-state index contributed by atoms with van der Waals surface area (Å²) < 4.78 is 27.7. The van der Waals surface area contributed by atoms with E-state index >= 15 is 0 Å². The number of hydrogen-bond donors (Lipinski definition) is 1. The van der Waals surface area contributed by atoms with Crippen molar-refractivity contribution in [2.24, 2.45) is 11.8 Å². The lowest BCUT2D eigenvalue weighted by molar-refractivity contribution is -0.149. The first kappa shape index (κ1) is 22.0. The fourth-order valence-electron chi connectivity index (χ4n) is 4.10. The van der Waals surface area contributed by atoms with Gasteiger partial charge in [0.25, 0.3) is 5.92 Å². The van der Waals surface area contributed by atoms with Crippen LogP contribution in [0, 0.1) is 11.8 Å². The number of pyridine rings is 1. The SMILES string of the molecule is CCN(c1cn(-c2cccnc2)nc1Cl)C(O)CCCC1CN(CC2CC2(F)F)C1=O. The number of aromatic nitrogens is 3. The molecule has 7 nitrogen and oxygen atoms in total. The average Bonchev–Trinajstić information content (AvgIpc) is 3.18. The van der Waals surface area contributed by atoms with E-state index in [0.29, 0.717) is 38.0 Å². The number of aliphatic hydroxyl groups excluding tert-OH is 1. The van der Waals surface area contributed by atoms with E-state index in [0.717, 1.165) is 5.69 Å². The number of β-lactam (4-membered cyclic amide) rings is 1. The molecule has 31 heavy (non-hydrogen) atoms. The lowest BCUT2D eigenvalue weighted by Gasteiger charge is -2.39. The van der Waals surface area contributed by atoms with Crippen LogP contribution in [0.3, 0.4) is 0 Å². The fraction of sp³-hybridized carbons (Fsp3) is 0.571. The molecule has 0 bridgehead atoms. The second kappa shape index (κ2) is 8.70. The average molecular weight is 454 g/mol. The number of carbonyl (C=O) groups is 1. The number of rotatable bonds is 10. The summed E-state index contributed by atoms with van der Waals surface area (Å²) >= 11 is 6.32. The van der Waals surface area contributed by atoms with Crippen LogP contribution in [0.4, 0.5) is 14.5 Å². The second-order valence-corrected chi connectivity index (χ2v) is 8.62. The van der Waals surface area contributed by atoms with Gasteiger partial charge in [-0.3, -0.25) is 9.78 Å². The largest absolute Gasteiger partial charge is 0.374 e. The zero-order valence-corrected chi connectivity index (χ0v) is 18.0. The molecule has 1 amide bonds. The van der Waals surface area contributed by atoms with Crippen molar-refractivity contribution in [2.45, 2.75) is 44.8 Å². The second-order valence-electron chi connectivity index (χ2n) is 8.26. The Morgan fingerprint density at radius 3 is 2.84 bits per heavy atom. The molecule has 2 aliphatic rings. The number of likely N-dealkylation sites (tertiary alicyclic amines) is 1. The monoisotopic (exact) mass is 453 g/mol. The van der Waals surface area contributed by atoms with Gasteiger partial charge in [-0.2, -0.15) is 5.10 Å². The summed E-state index contributed by atoms with van der Waals surface area (Å²) in [5.74, 6) is -3.45. The quantitative estimate of drug-likeness (QED) is 0.441. The van der Waals surface area contributed by atoms with Gasteiger partial charge in [-0.05, 0) is 38.3 Å². The number of hydrogen-bond acceptors (Lipinski definition) is 5. The van der Waals surface area contributed by atoms with E-state index in [1.165, 1.54) is 4.90 Å². The van der Waals surface area contributed by atoms with Crippen LogP contribution in [-0.2, 0) is 4.79 Å². The van der Waals surface area contributed by atoms with Crippen LogP contribution in [0.25, 0.3) is 5.69 Å². The van der Waals surface area contributed by atoms with E-state index in [1.54, 1.807) is 34.2 Å². The van der Waals surface area contributed by atoms with Gasteiger partial charge in [-0.1, -0.05) is 11.6 Å². The molecular formula is C21H26ClF2N5O2. The third kappa shape index (κ3) is 4.67. The molecule has 1 saturated carbocycles. The Kier molecular flexibility index (Phi) is 6.16. The van der Waals surface area contributed by atoms with Gasteiger partial charge in [0.15, 0.2) is 5.15 Å².